The lowest BCUT2D eigenvalue weighted by Crippen LogP contribution is -2.44. The number of esters is 2. The molecule has 1 aromatic rings. The van der Waals surface area contributed by atoms with Gasteiger partial charge in [0, 0.05) is 5.92 Å². The van der Waals surface area contributed by atoms with Crippen LogP contribution in [0.5, 0.6) is 0 Å². The van der Waals surface area contributed by atoms with Crippen LogP contribution in [0.2, 0.25) is 0 Å². The lowest BCUT2D eigenvalue weighted by Gasteiger charge is -2.42. The van der Waals surface area contributed by atoms with E-state index in [4.69, 9.17) is 9.47 Å². The minimum absolute atomic E-state index is 0.220. The molecule has 4 nitrogen and oxygen atoms in total. The molecule has 0 spiro atoms. The van der Waals surface area contributed by atoms with Crippen LogP contribution in [-0.4, -0.2) is 18.0 Å². The molecule has 0 N–H and O–H groups in total. The minimum atomic E-state index is -0.914. The largest absolute Gasteiger partial charge is 0.451 e. The second-order valence-corrected chi connectivity index (χ2v) is 8.11. The average Bonchev–Trinajstić information content (AvgIpc) is 2.64. The summed E-state index contributed by atoms with van der Waals surface area (Å²) in [5, 5.41) is 0. The Bertz CT molecular complexity index is 622. The van der Waals surface area contributed by atoms with Crippen molar-refractivity contribution in [2.75, 3.05) is 0 Å². The monoisotopic (exact) mass is 360 g/mol. The number of carbonyl (C=O) groups excluding carboxylic acids is 2. The predicted octanol–water partition coefficient (Wildman–Crippen LogP) is 5.00. The second-order valence-electron chi connectivity index (χ2n) is 8.11. The third kappa shape index (κ3) is 4.28. The maximum Gasteiger partial charge on any atom is 0.348 e. The van der Waals surface area contributed by atoms with E-state index in [9.17, 15) is 9.59 Å². The summed E-state index contributed by atoms with van der Waals surface area (Å²) in [6.07, 6.45) is 3.71. The Labute approximate surface area is 157 Å². The quantitative estimate of drug-likeness (QED) is 0.670. The van der Waals surface area contributed by atoms with Gasteiger partial charge in [-0.2, -0.15) is 0 Å². The summed E-state index contributed by atoms with van der Waals surface area (Å²) >= 11 is 0. The van der Waals surface area contributed by atoms with Crippen LogP contribution in [0.4, 0.5) is 0 Å². The van der Waals surface area contributed by atoms with Crippen LogP contribution in [0.1, 0.15) is 72.3 Å². The Morgan fingerprint density at radius 1 is 1.23 bits per heavy atom. The Hall–Kier alpha value is -1.84. The molecule has 0 amide bonds. The summed E-state index contributed by atoms with van der Waals surface area (Å²) < 4.78 is 11.5. The van der Waals surface area contributed by atoms with Crippen molar-refractivity contribution >= 4 is 11.9 Å². The molecule has 2 rings (SSSR count). The molecule has 0 aliphatic heterocycles. The first-order valence-corrected chi connectivity index (χ1v) is 9.72. The second kappa shape index (κ2) is 8.24. The van der Waals surface area contributed by atoms with Crippen LogP contribution in [0.25, 0.3) is 0 Å². The molecular weight excluding hydrogens is 328 g/mol. The third-order valence-electron chi connectivity index (χ3n) is 5.83. The predicted molar refractivity (Wildman–Crippen MR) is 101 cm³/mol. The maximum absolute atomic E-state index is 12.8. The van der Waals surface area contributed by atoms with E-state index < -0.39 is 23.1 Å². The van der Waals surface area contributed by atoms with Crippen LogP contribution in [-0.2, 0) is 24.7 Å². The molecule has 144 valence electrons. The van der Waals surface area contributed by atoms with E-state index in [-0.39, 0.29) is 11.9 Å². The van der Waals surface area contributed by atoms with Crippen LogP contribution < -0.4 is 0 Å². The van der Waals surface area contributed by atoms with Gasteiger partial charge in [-0.3, -0.25) is 4.79 Å². The molecule has 0 radical (unpaired) electrons. The molecular formula is C22H32O4. The summed E-state index contributed by atoms with van der Waals surface area (Å²) in [5.74, 6) is -0.615. The summed E-state index contributed by atoms with van der Waals surface area (Å²) in [4.78, 5) is 25.1. The SMILES string of the molecule is CCC(C)(C)C(=O)OC(C)C(=O)OC1(c2ccccc2)CCCCC1C. The van der Waals surface area contributed by atoms with Crippen LogP contribution in [0.3, 0.4) is 0 Å². The highest BCUT2D eigenvalue weighted by Crippen LogP contribution is 2.45. The van der Waals surface area contributed by atoms with E-state index in [2.05, 4.69) is 6.92 Å². The van der Waals surface area contributed by atoms with E-state index in [0.29, 0.717) is 6.42 Å². The standard InChI is InChI=1S/C22H32O4/c1-6-21(4,5)20(24)25-17(3)19(23)26-22(15-11-10-12-16(22)2)18-13-8-7-9-14-18/h7-9,13-14,16-17H,6,10-12,15H2,1-5H3. The van der Waals surface area contributed by atoms with Gasteiger partial charge in [0.1, 0.15) is 5.60 Å². The minimum Gasteiger partial charge on any atom is -0.451 e. The molecule has 0 bridgehead atoms. The van der Waals surface area contributed by atoms with Gasteiger partial charge in [-0.25, -0.2) is 4.79 Å². The van der Waals surface area contributed by atoms with Crippen LogP contribution in [0, 0.1) is 11.3 Å². The van der Waals surface area contributed by atoms with Gasteiger partial charge in [-0.15, -0.1) is 0 Å². The van der Waals surface area contributed by atoms with E-state index in [1.807, 2.05) is 51.1 Å². The topological polar surface area (TPSA) is 52.6 Å². The molecule has 0 saturated heterocycles. The average molecular weight is 360 g/mol. The fourth-order valence-corrected chi connectivity index (χ4v) is 3.45. The molecule has 3 atom stereocenters. The van der Waals surface area contributed by atoms with Crippen molar-refractivity contribution in [3.63, 3.8) is 0 Å². The van der Waals surface area contributed by atoms with Gasteiger partial charge >= 0.3 is 11.9 Å². The van der Waals surface area contributed by atoms with Gasteiger partial charge in [-0.05, 0) is 52.0 Å². The normalized spacial score (nSPS) is 24.6. The van der Waals surface area contributed by atoms with Crippen LogP contribution >= 0.6 is 0 Å². The van der Waals surface area contributed by atoms with Crippen molar-refractivity contribution < 1.29 is 19.1 Å². The number of rotatable bonds is 6. The fraction of sp³-hybridized carbons (Fsp3) is 0.636. The highest BCUT2D eigenvalue weighted by Gasteiger charge is 2.44. The number of carbonyl (C=O) groups is 2. The molecule has 4 heteroatoms. The van der Waals surface area contributed by atoms with Crippen molar-refractivity contribution in [1.29, 1.82) is 0 Å². The molecule has 1 aliphatic carbocycles. The zero-order valence-corrected chi connectivity index (χ0v) is 16.7. The summed E-state index contributed by atoms with van der Waals surface area (Å²) in [7, 11) is 0. The molecule has 1 aromatic carbocycles. The van der Waals surface area contributed by atoms with Gasteiger partial charge in [0.05, 0.1) is 5.41 Å². The smallest absolute Gasteiger partial charge is 0.348 e. The fourth-order valence-electron chi connectivity index (χ4n) is 3.45. The van der Waals surface area contributed by atoms with Crippen molar-refractivity contribution in [1.82, 2.24) is 0 Å². The molecule has 26 heavy (non-hydrogen) atoms. The Kier molecular flexibility index (Phi) is 6.48. The first-order valence-electron chi connectivity index (χ1n) is 9.72. The number of benzene rings is 1. The van der Waals surface area contributed by atoms with Crippen molar-refractivity contribution in [3.8, 4) is 0 Å². The number of hydrogen-bond donors (Lipinski definition) is 0. The molecule has 1 aliphatic rings. The molecule has 0 aromatic heterocycles. The van der Waals surface area contributed by atoms with Crippen LogP contribution in [0.15, 0.2) is 30.3 Å². The van der Waals surface area contributed by atoms with Gasteiger partial charge in [0.15, 0.2) is 6.10 Å². The van der Waals surface area contributed by atoms with E-state index >= 15 is 0 Å². The van der Waals surface area contributed by atoms with E-state index in [0.717, 1.165) is 31.2 Å². The number of hydrogen-bond acceptors (Lipinski definition) is 4. The van der Waals surface area contributed by atoms with E-state index in [1.165, 1.54) is 0 Å². The molecule has 1 saturated carbocycles. The van der Waals surface area contributed by atoms with Crippen molar-refractivity contribution in [3.05, 3.63) is 35.9 Å². The zero-order valence-electron chi connectivity index (χ0n) is 16.7. The summed E-state index contributed by atoms with van der Waals surface area (Å²) in [6, 6.07) is 9.95. The Morgan fingerprint density at radius 2 is 1.88 bits per heavy atom. The van der Waals surface area contributed by atoms with E-state index in [1.54, 1.807) is 6.92 Å². The molecule has 1 fully saturated rings. The van der Waals surface area contributed by atoms with Crippen molar-refractivity contribution in [2.45, 2.75) is 78.4 Å². The molecule has 3 unspecified atom stereocenters. The highest BCUT2D eigenvalue weighted by molar-refractivity contribution is 5.82. The van der Waals surface area contributed by atoms with Crippen molar-refractivity contribution in [2.24, 2.45) is 11.3 Å². The lowest BCUT2D eigenvalue weighted by molar-refractivity contribution is -0.190. The Morgan fingerprint density at radius 3 is 2.46 bits per heavy atom. The number of ether oxygens (including phenoxy) is 2. The van der Waals surface area contributed by atoms with Gasteiger partial charge in [-0.1, -0.05) is 50.6 Å². The van der Waals surface area contributed by atoms with Gasteiger partial charge < -0.3 is 9.47 Å². The molecule has 0 heterocycles. The maximum atomic E-state index is 12.8. The Balaban J connectivity index is 2.18. The highest BCUT2D eigenvalue weighted by atomic mass is 16.6. The third-order valence-corrected chi connectivity index (χ3v) is 5.83. The first kappa shape index (κ1) is 20.5. The summed E-state index contributed by atoms with van der Waals surface area (Å²) in [5.41, 5.74) is -0.227. The summed E-state index contributed by atoms with van der Waals surface area (Å²) in [6.45, 7) is 9.30. The zero-order chi connectivity index (χ0) is 19.4. The van der Waals surface area contributed by atoms with Gasteiger partial charge in [0.2, 0.25) is 0 Å². The van der Waals surface area contributed by atoms with Gasteiger partial charge in [0.25, 0.3) is 0 Å². The first-order chi connectivity index (χ1) is 12.2. The lowest BCUT2D eigenvalue weighted by atomic mass is 9.72.